The average molecular weight is 253 g/mol. The van der Waals surface area contributed by atoms with Crippen molar-refractivity contribution in [3.05, 3.63) is 45.6 Å². The maximum absolute atomic E-state index is 5.90. The lowest BCUT2D eigenvalue weighted by Gasteiger charge is -2.08. The molecule has 1 heterocycles. The van der Waals surface area contributed by atoms with Crippen molar-refractivity contribution in [1.29, 1.82) is 0 Å². The zero-order valence-electron chi connectivity index (χ0n) is 8.74. The van der Waals surface area contributed by atoms with Gasteiger partial charge in [0.15, 0.2) is 0 Å². The van der Waals surface area contributed by atoms with Crippen LogP contribution < -0.4 is 11.1 Å². The number of hydrogen-bond acceptors (Lipinski definition) is 3. The second kappa shape index (κ2) is 5.23. The Bertz CT molecular complexity index is 454. The standard InChI is InChI=1S/C12H13ClN2S/c13-10-1-2-11(14)12(7-10)15-5-3-9-4-6-16-8-9/h1-2,4,6-8,15H,3,5,14H2. The molecule has 0 spiro atoms. The van der Waals surface area contributed by atoms with E-state index in [0.717, 1.165) is 24.3 Å². The van der Waals surface area contributed by atoms with E-state index in [-0.39, 0.29) is 0 Å². The minimum absolute atomic E-state index is 0.701. The highest BCUT2D eigenvalue weighted by atomic mass is 35.5. The van der Waals surface area contributed by atoms with E-state index in [2.05, 4.69) is 22.1 Å². The Hall–Kier alpha value is -1.19. The first kappa shape index (κ1) is 11.3. The minimum Gasteiger partial charge on any atom is -0.397 e. The second-order valence-electron chi connectivity index (χ2n) is 3.54. The molecule has 1 aromatic heterocycles. The van der Waals surface area contributed by atoms with Crippen LogP contribution in [0.4, 0.5) is 11.4 Å². The van der Waals surface area contributed by atoms with Crippen LogP contribution in [0.1, 0.15) is 5.56 Å². The minimum atomic E-state index is 0.701. The average Bonchev–Trinajstić information content (AvgIpc) is 2.76. The van der Waals surface area contributed by atoms with Crippen LogP contribution in [0.3, 0.4) is 0 Å². The molecule has 2 aromatic rings. The van der Waals surface area contributed by atoms with Crippen LogP contribution >= 0.6 is 22.9 Å². The number of halogens is 1. The summed E-state index contributed by atoms with van der Waals surface area (Å²) >= 11 is 7.62. The van der Waals surface area contributed by atoms with Gasteiger partial charge in [-0.25, -0.2) is 0 Å². The van der Waals surface area contributed by atoms with E-state index in [4.69, 9.17) is 17.3 Å². The summed E-state index contributed by atoms with van der Waals surface area (Å²) in [7, 11) is 0. The summed E-state index contributed by atoms with van der Waals surface area (Å²) in [5.41, 5.74) is 8.81. The first-order valence-electron chi connectivity index (χ1n) is 5.05. The van der Waals surface area contributed by atoms with E-state index >= 15 is 0 Å². The van der Waals surface area contributed by atoms with Gasteiger partial charge in [-0.1, -0.05) is 11.6 Å². The van der Waals surface area contributed by atoms with Crippen molar-refractivity contribution in [2.45, 2.75) is 6.42 Å². The van der Waals surface area contributed by atoms with Crippen molar-refractivity contribution >= 4 is 34.3 Å². The van der Waals surface area contributed by atoms with Crippen LogP contribution in [0.5, 0.6) is 0 Å². The van der Waals surface area contributed by atoms with Gasteiger partial charge in [0.2, 0.25) is 0 Å². The highest BCUT2D eigenvalue weighted by molar-refractivity contribution is 7.07. The zero-order valence-corrected chi connectivity index (χ0v) is 10.3. The van der Waals surface area contributed by atoms with Gasteiger partial charge in [0.25, 0.3) is 0 Å². The molecule has 3 N–H and O–H groups in total. The van der Waals surface area contributed by atoms with Crippen LogP contribution in [0.25, 0.3) is 0 Å². The molecular formula is C12H13ClN2S. The summed E-state index contributed by atoms with van der Waals surface area (Å²) < 4.78 is 0. The molecule has 0 saturated heterocycles. The van der Waals surface area contributed by atoms with Crippen LogP contribution in [-0.4, -0.2) is 6.54 Å². The van der Waals surface area contributed by atoms with E-state index in [0.29, 0.717) is 5.02 Å². The van der Waals surface area contributed by atoms with Crippen molar-refractivity contribution < 1.29 is 0 Å². The Kier molecular flexibility index (Phi) is 3.70. The van der Waals surface area contributed by atoms with E-state index in [1.165, 1.54) is 5.56 Å². The van der Waals surface area contributed by atoms with Crippen LogP contribution in [0, 0.1) is 0 Å². The number of benzene rings is 1. The number of nitrogens with one attached hydrogen (secondary N) is 1. The van der Waals surface area contributed by atoms with Crippen molar-refractivity contribution in [2.75, 3.05) is 17.6 Å². The van der Waals surface area contributed by atoms with Gasteiger partial charge in [-0.3, -0.25) is 0 Å². The Morgan fingerprint density at radius 2 is 2.19 bits per heavy atom. The molecule has 0 radical (unpaired) electrons. The highest BCUT2D eigenvalue weighted by Crippen LogP contribution is 2.22. The Morgan fingerprint density at radius 3 is 2.94 bits per heavy atom. The fraction of sp³-hybridized carbons (Fsp3) is 0.167. The number of hydrogen-bond donors (Lipinski definition) is 2. The molecule has 0 atom stereocenters. The largest absolute Gasteiger partial charge is 0.397 e. The smallest absolute Gasteiger partial charge is 0.0588 e. The van der Waals surface area contributed by atoms with E-state index in [9.17, 15) is 0 Å². The lowest BCUT2D eigenvalue weighted by atomic mass is 10.2. The molecule has 0 aliphatic rings. The molecule has 1 aromatic carbocycles. The van der Waals surface area contributed by atoms with E-state index in [1.807, 2.05) is 12.1 Å². The molecule has 0 saturated carbocycles. The molecular weight excluding hydrogens is 240 g/mol. The quantitative estimate of drug-likeness (QED) is 0.816. The summed E-state index contributed by atoms with van der Waals surface area (Å²) in [4.78, 5) is 0. The maximum atomic E-state index is 5.90. The molecule has 2 nitrogen and oxygen atoms in total. The number of thiophene rings is 1. The molecule has 0 fully saturated rings. The van der Waals surface area contributed by atoms with Gasteiger partial charge in [-0.05, 0) is 47.0 Å². The van der Waals surface area contributed by atoms with E-state index < -0.39 is 0 Å². The molecule has 84 valence electrons. The van der Waals surface area contributed by atoms with Gasteiger partial charge in [-0.2, -0.15) is 11.3 Å². The molecule has 0 bridgehead atoms. The third-order valence-corrected chi connectivity index (χ3v) is 3.29. The number of nitrogens with two attached hydrogens (primary N) is 1. The van der Waals surface area contributed by atoms with Gasteiger partial charge >= 0.3 is 0 Å². The highest BCUT2D eigenvalue weighted by Gasteiger charge is 1.99. The predicted octanol–water partition coefficient (Wildman–Crippen LogP) is 3.64. The summed E-state index contributed by atoms with van der Waals surface area (Å²) in [5.74, 6) is 0. The fourth-order valence-electron chi connectivity index (χ4n) is 1.46. The first-order valence-corrected chi connectivity index (χ1v) is 6.38. The third-order valence-electron chi connectivity index (χ3n) is 2.32. The topological polar surface area (TPSA) is 38.0 Å². The zero-order chi connectivity index (χ0) is 11.4. The summed E-state index contributed by atoms with van der Waals surface area (Å²) in [6.45, 7) is 0.862. The van der Waals surface area contributed by atoms with Gasteiger partial charge < -0.3 is 11.1 Å². The van der Waals surface area contributed by atoms with Crippen molar-refractivity contribution in [3.8, 4) is 0 Å². The van der Waals surface area contributed by atoms with Crippen LogP contribution in [-0.2, 0) is 6.42 Å². The molecule has 16 heavy (non-hydrogen) atoms. The van der Waals surface area contributed by atoms with Crippen molar-refractivity contribution in [3.63, 3.8) is 0 Å². The van der Waals surface area contributed by atoms with Gasteiger partial charge in [0.1, 0.15) is 0 Å². The lowest BCUT2D eigenvalue weighted by molar-refractivity contribution is 1.03. The van der Waals surface area contributed by atoms with Gasteiger partial charge in [0, 0.05) is 11.6 Å². The molecule has 0 unspecified atom stereocenters. The Balaban J connectivity index is 1.92. The SMILES string of the molecule is Nc1ccc(Cl)cc1NCCc1ccsc1. The molecule has 4 heteroatoms. The molecule has 0 aliphatic carbocycles. The summed E-state index contributed by atoms with van der Waals surface area (Å²) in [6.07, 6.45) is 0.995. The van der Waals surface area contributed by atoms with Crippen molar-refractivity contribution in [1.82, 2.24) is 0 Å². The van der Waals surface area contributed by atoms with Crippen molar-refractivity contribution in [2.24, 2.45) is 0 Å². The number of rotatable bonds is 4. The number of nitrogen functional groups attached to an aromatic ring is 1. The summed E-state index contributed by atoms with van der Waals surface area (Å²) in [6, 6.07) is 7.59. The Labute approximate surface area is 104 Å². The third kappa shape index (κ3) is 2.90. The summed E-state index contributed by atoms with van der Waals surface area (Å²) in [5, 5.41) is 8.23. The van der Waals surface area contributed by atoms with Crippen LogP contribution in [0.2, 0.25) is 5.02 Å². The molecule has 2 rings (SSSR count). The first-order chi connectivity index (χ1) is 7.75. The fourth-order valence-corrected chi connectivity index (χ4v) is 2.33. The number of anilines is 2. The lowest BCUT2D eigenvalue weighted by Crippen LogP contribution is -2.06. The van der Waals surface area contributed by atoms with E-state index in [1.54, 1.807) is 17.4 Å². The second-order valence-corrected chi connectivity index (χ2v) is 4.76. The predicted molar refractivity (Wildman–Crippen MR) is 72.4 cm³/mol. The Morgan fingerprint density at radius 1 is 1.31 bits per heavy atom. The van der Waals surface area contributed by atoms with Gasteiger partial charge in [-0.15, -0.1) is 0 Å². The maximum Gasteiger partial charge on any atom is 0.0588 e. The van der Waals surface area contributed by atoms with Gasteiger partial charge in [0.05, 0.1) is 11.4 Å². The van der Waals surface area contributed by atoms with Crippen LogP contribution in [0.15, 0.2) is 35.0 Å². The monoisotopic (exact) mass is 252 g/mol. The normalized spacial score (nSPS) is 10.3. The molecule has 0 aliphatic heterocycles. The molecule has 0 amide bonds.